The van der Waals surface area contributed by atoms with E-state index in [0.29, 0.717) is 31.8 Å². The van der Waals surface area contributed by atoms with Gasteiger partial charge in [-0.1, -0.05) is 37.8 Å². The lowest BCUT2D eigenvalue weighted by molar-refractivity contribution is -0.255. The first-order valence-corrected chi connectivity index (χ1v) is 27.0. The number of hydrogen-bond donors (Lipinski definition) is 26. The molecule has 42 nitrogen and oxygen atoms in total. The van der Waals surface area contributed by atoms with E-state index in [2.05, 4.69) is 25.5 Å². The maximum Gasteiger partial charge on any atom is 0.377 e. The largest absolute Gasteiger partial charge is 0.512 e. The van der Waals surface area contributed by atoms with Crippen molar-refractivity contribution in [2.45, 2.75) is 156 Å². The molecule has 42 heteroatoms. The highest BCUT2D eigenvalue weighted by atomic mass is 16.7. The molecule has 15 atom stereocenters. The van der Waals surface area contributed by atoms with E-state index < -0.39 is 163 Å². The molecule has 4 saturated heterocycles. The molecule has 2 aromatic carbocycles. The highest BCUT2D eigenvalue weighted by Gasteiger charge is 2.51. The normalized spacial score (nSPS) is 26.0. The van der Waals surface area contributed by atoms with Gasteiger partial charge in [0.25, 0.3) is 0 Å². The Morgan fingerprint density at radius 3 is 1.41 bits per heavy atom. The molecule has 0 radical (unpaired) electrons. The van der Waals surface area contributed by atoms with Gasteiger partial charge in [-0.3, -0.25) is 9.59 Å². The molecule has 4 fully saturated rings. The van der Waals surface area contributed by atoms with Crippen LogP contribution in [-0.2, 0) is 71.7 Å². The predicted molar refractivity (Wildman–Crippen MR) is 310 cm³/mol. The number of ether oxygens (including phenoxy) is 4. The summed E-state index contributed by atoms with van der Waals surface area (Å²) in [4.78, 5) is 118. The summed E-state index contributed by atoms with van der Waals surface area (Å²) in [6.07, 6.45) is -12.9. The molecule has 4 heterocycles. The van der Waals surface area contributed by atoms with Gasteiger partial charge in [0.05, 0.1) is 42.8 Å². The number of rotatable bonds is 14. The van der Waals surface area contributed by atoms with E-state index in [1.165, 1.54) is 43.4 Å². The lowest BCUT2D eigenvalue weighted by Crippen LogP contribution is -2.56. The summed E-state index contributed by atoms with van der Waals surface area (Å²) in [6, 6.07) is 9.46. The Morgan fingerprint density at radius 1 is 0.633 bits per heavy atom. The van der Waals surface area contributed by atoms with Gasteiger partial charge in [-0.05, 0) is 62.6 Å². The number of benzene rings is 2. The second-order valence-electron chi connectivity index (χ2n) is 18.9. The smallest absolute Gasteiger partial charge is 0.377 e. The second kappa shape index (κ2) is 48.4. The number of allylic oxidation sites excluding steroid dienone is 3. The minimum absolute atomic E-state index is 0.0553. The van der Waals surface area contributed by atoms with Crippen molar-refractivity contribution in [2.24, 2.45) is 0 Å². The summed E-state index contributed by atoms with van der Waals surface area (Å²) in [6.45, 7) is 6.47. The van der Waals surface area contributed by atoms with Crippen molar-refractivity contribution < 1.29 is 209 Å². The fraction of sp³-hybridized carbons (Fsp3) is 0.446. The molecule has 0 saturated carbocycles. The van der Waals surface area contributed by atoms with Crippen molar-refractivity contribution in [3.63, 3.8) is 0 Å². The van der Waals surface area contributed by atoms with Crippen molar-refractivity contribution in [3.05, 3.63) is 96.7 Å². The standard InChI is InChI=1S/C8H12O6.C7H6O4.C6H8O7.C6H10O6.C6H8O6.C6H10O4.C6H6O2.C5H10O3.C5H6O2.CO2/c1-2-5-6(10)4(9)3-8(13,14-5)7(11)12;8-5-2-1-4(7(10)11)3-6(5)9;7-2-1-6(12,5(10)11)13-4(9)3(2)8;7-1-2-3(8)4(9)5(10)6(11)12-2;7-2-1-3(5(9)10)12-6(11)4(2)8;7-5(8)3-1-2-4-6(9)10;7-5-3-1-2-4-6(5)8;1-2-4(7)5(8)3-6;1-2-3-4-5(6)7;2-1-3/h2,4,6,9-10,13H,3H2,1H3,(H,11,12);1-3,8-9H,(H,10,11);2-3,7-8,12H,1H2,(H,10,11);1,3-11H;2-4,7-8H,1H2,(H,9,10);1-4H2,(H,7,8)(H,9,10);1-4,7-8H;3-5,7-8H,2H2,1H3;2-4H,1H2,(H,6,7);/b;;;;;;;;4-3-;/t4-,6+,8-;;2-,3+,6-;3-,4+,5-,6?;2-,3?,4+;;;4-,5+;;/m1.111..1../s1. The minimum atomic E-state index is -2.74. The number of aliphatic carboxylic acids is 6. The van der Waals surface area contributed by atoms with Gasteiger partial charge in [0.1, 0.15) is 42.5 Å². The number of unbranched alkanes of at least 4 members (excludes halogenated alkanes) is 1. The first-order valence-electron chi connectivity index (χ1n) is 27.0. The Kier molecular flexibility index (Phi) is 46.5. The maximum absolute atomic E-state index is 10.7. The number of aliphatic hydroxyl groups is 15. The van der Waals surface area contributed by atoms with E-state index in [1.54, 1.807) is 19.1 Å². The van der Waals surface area contributed by atoms with Crippen LogP contribution in [0.1, 0.15) is 75.6 Å². The average Bonchev–Trinajstić information content (AvgIpc) is 0.819. The number of carboxylic acid groups (broad SMARTS) is 7. The number of aromatic carboxylic acids is 1. The first kappa shape index (κ1) is 94.1. The van der Waals surface area contributed by atoms with E-state index >= 15 is 0 Å². The summed E-state index contributed by atoms with van der Waals surface area (Å²) in [7, 11) is 0. The van der Waals surface area contributed by atoms with Gasteiger partial charge in [0.15, 0.2) is 47.3 Å². The number of para-hydroxylation sites is 2. The first-order chi connectivity index (χ1) is 45.3. The Labute approximate surface area is 550 Å². The zero-order valence-electron chi connectivity index (χ0n) is 51.0. The summed E-state index contributed by atoms with van der Waals surface area (Å²) in [5.74, 6) is -17.6. The Bertz CT molecular complexity index is 2950. The van der Waals surface area contributed by atoms with Crippen LogP contribution in [-0.4, -0.2) is 290 Å². The monoisotopic (exact) mass is 1420 g/mol. The molecule has 2 aromatic rings. The molecule has 6 rings (SSSR count). The van der Waals surface area contributed by atoms with Gasteiger partial charge in [-0.25, -0.2) is 33.6 Å². The number of esters is 2. The molecule has 0 aliphatic carbocycles. The molecule has 4 aliphatic heterocycles. The number of phenols is 4. The molecule has 0 amide bonds. The van der Waals surface area contributed by atoms with E-state index in [1.807, 2.05) is 0 Å². The van der Waals surface area contributed by atoms with Crippen LogP contribution in [0.5, 0.6) is 23.0 Å². The molecule has 0 spiro atoms. The lowest BCUT2D eigenvalue weighted by atomic mass is 9.98. The van der Waals surface area contributed by atoms with Crippen LogP contribution < -0.4 is 0 Å². The van der Waals surface area contributed by atoms with Crippen molar-refractivity contribution >= 4 is 66.2 Å². The summed E-state index contributed by atoms with van der Waals surface area (Å²) < 4.78 is 17.4. The van der Waals surface area contributed by atoms with Crippen molar-refractivity contribution in [3.8, 4) is 23.0 Å². The van der Waals surface area contributed by atoms with E-state index in [9.17, 15) is 63.3 Å². The van der Waals surface area contributed by atoms with Gasteiger partial charge < -0.3 is 157 Å². The second-order valence-corrected chi connectivity index (χ2v) is 18.9. The fourth-order valence-electron chi connectivity index (χ4n) is 6.17. The number of carboxylic acids is 7. The Balaban J connectivity index is -0.000000508. The molecule has 0 aromatic heterocycles. The van der Waals surface area contributed by atoms with E-state index in [4.69, 9.17) is 127 Å². The molecular formula is C56H76O42. The van der Waals surface area contributed by atoms with Crippen LogP contribution in [0.3, 0.4) is 0 Å². The van der Waals surface area contributed by atoms with Gasteiger partial charge in [0.2, 0.25) is 12.4 Å². The van der Waals surface area contributed by atoms with Crippen molar-refractivity contribution in [1.82, 2.24) is 0 Å². The number of carbonyl (C=O) groups is 10. The number of phenolic OH excluding ortho intramolecular Hbond substituents is 4. The van der Waals surface area contributed by atoms with Gasteiger partial charge >= 0.3 is 71.4 Å². The number of aromatic hydroxyl groups is 4. The van der Waals surface area contributed by atoms with Crippen molar-refractivity contribution in [1.29, 1.82) is 0 Å². The molecular weight excluding hydrogens is 1340 g/mol. The van der Waals surface area contributed by atoms with Gasteiger partial charge in [0, 0.05) is 25.3 Å². The zero-order chi connectivity index (χ0) is 77.1. The van der Waals surface area contributed by atoms with E-state index in [-0.39, 0.29) is 59.7 Å². The fourth-order valence-corrected chi connectivity index (χ4v) is 6.17. The van der Waals surface area contributed by atoms with Crippen molar-refractivity contribution in [2.75, 3.05) is 0 Å². The third kappa shape index (κ3) is 37.1. The average molecular weight is 1420 g/mol. The van der Waals surface area contributed by atoms with Crippen LogP contribution in [0, 0.1) is 0 Å². The van der Waals surface area contributed by atoms with Crippen LogP contribution in [0.15, 0.2) is 91.1 Å². The predicted octanol–water partition coefficient (Wildman–Crippen LogP) is -5.68. The molecule has 552 valence electrons. The molecule has 98 heavy (non-hydrogen) atoms. The molecule has 26 N–H and O–H groups in total. The third-order valence-electron chi connectivity index (χ3n) is 11.4. The summed E-state index contributed by atoms with van der Waals surface area (Å²) in [5, 5.41) is 227. The Hall–Kier alpha value is -10.3. The molecule has 2 unspecified atom stereocenters. The number of aldehydes is 1. The highest BCUT2D eigenvalue weighted by molar-refractivity contribution is 5.88. The number of cyclic esters (lactones) is 2. The highest BCUT2D eigenvalue weighted by Crippen LogP contribution is 2.31. The minimum Gasteiger partial charge on any atom is -0.512 e. The molecule has 0 bridgehead atoms. The van der Waals surface area contributed by atoms with Gasteiger partial charge in [-0.2, -0.15) is 9.59 Å². The SMILES string of the molecule is C=C/C=C\C(=O)O.CC=C1O[C@@](O)(C(=O)O)C[C@@H](O)[C@@H]1O.CC[C@@H](O)[C@@H](O)C=O.O=C(O)C1C[C@@H](O)[C@H](O)C(=O)O1.O=C(O)CCCCC(=O)O.O=C(O)c1ccc(O)c(O)c1.O=C1O[C@@](O)(C(=O)O)C[C@@H](O)[C@@H]1O.O=C=O.OC=C1OC(O)[C@H](O)[C@@H](O)[C@@H]1O.Oc1ccccc1O. The van der Waals surface area contributed by atoms with Crippen LogP contribution in [0.4, 0.5) is 0 Å². The summed E-state index contributed by atoms with van der Waals surface area (Å²) >= 11 is 0. The number of hydrogen-bond acceptors (Lipinski definition) is 35. The lowest BCUT2D eigenvalue weighted by Gasteiger charge is -2.36. The topological polar surface area (TPSA) is 768 Å². The quantitative estimate of drug-likeness (QED) is 0.0159. The third-order valence-corrected chi connectivity index (χ3v) is 11.4. The van der Waals surface area contributed by atoms with Crippen LogP contribution in [0.25, 0.3) is 0 Å². The number of aliphatic hydroxyl groups excluding tert-OH is 13. The maximum atomic E-state index is 10.7. The van der Waals surface area contributed by atoms with Crippen LogP contribution >= 0.6 is 0 Å². The van der Waals surface area contributed by atoms with Crippen LogP contribution in [0.2, 0.25) is 0 Å². The molecule has 4 aliphatic rings. The zero-order valence-corrected chi connectivity index (χ0v) is 51.0. The van der Waals surface area contributed by atoms with Gasteiger partial charge in [-0.15, -0.1) is 0 Å². The number of carbonyl (C=O) groups excluding carboxylic acids is 5. The summed E-state index contributed by atoms with van der Waals surface area (Å²) in [5.41, 5.74) is -0.0553. The Morgan fingerprint density at radius 2 is 1.08 bits per heavy atom. The van der Waals surface area contributed by atoms with E-state index in [0.717, 1.165) is 18.2 Å².